The smallest absolute Gasteiger partial charge is 0.275 e. The van der Waals surface area contributed by atoms with Gasteiger partial charge in [0.05, 0.1) is 11.6 Å². The second-order valence-electron chi connectivity index (χ2n) is 4.34. The molecule has 0 bridgehead atoms. The molecule has 3 N–H and O–H groups in total. The van der Waals surface area contributed by atoms with Crippen molar-refractivity contribution in [1.82, 2.24) is 15.5 Å². The molecule has 6 nitrogen and oxygen atoms in total. The third kappa shape index (κ3) is 2.97. The van der Waals surface area contributed by atoms with Crippen LogP contribution in [0.15, 0.2) is 29.1 Å². The fourth-order valence-electron chi connectivity index (χ4n) is 1.71. The molecule has 0 spiro atoms. The Bertz CT molecular complexity index is 649. The first-order valence-electron chi connectivity index (χ1n) is 6.03. The Balaban J connectivity index is 2.23. The Hall–Kier alpha value is -2.21. The van der Waals surface area contributed by atoms with E-state index in [4.69, 9.17) is 5.11 Å². The number of carbonyl (C=O) groups excluding carboxylic acids is 1. The van der Waals surface area contributed by atoms with Crippen molar-refractivity contribution in [3.05, 3.63) is 40.2 Å². The summed E-state index contributed by atoms with van der Waals surface area (Å²) in [7, 11) is 0. The molecule has 0 radical (unpaired) electrons. The van der Waals surface area contributed by atoms with Crippen LogP contribution in [0.1, 0.15) is 23.8 Å². The largest absolute Gasteiger partial charge is 0.393 e. The Morgan fingerprint density at radius 1 is 1.47 bits per heavy atom. The number of carbonyl (C=O) groups is 1. The molecule has 1 atom stereocenters. The monoisotopic (exact) mass is 261 g/mol. The minimum atomic E-state index is -0.535. The van der Waals surface area contributed by atoms with E-state index in [0.29, 0.717) is 23.9 Å². The molecule has 1 aromatic heterocycles. The van der Waals surface area contributed by atoms with Crippen LogP contribution in [-0.4, -0.2) is 33.9 Å². The number of rotatable bonds is 4. The normalized spacial score (nSPS) is 12.3. The number of aromatic nitrogens is 2. The average molecular weight is 261 g/mol. The molecule has 100 valence electrons. The highest BCUT2D eigenvalue weighted by molar-refractivity contribution is 5.95. The van der Waals surface area contributed by atoms with Crippen LogP contribution in [0.4, 0.5) is 0 Å². The van der Waals surface area contributed by atoms with E-state index in [-0.39, 0.29) is 5.69 Å². The van der Waals surface area contributed by atoms with E-state index < -0.39 is 17.4 Å². The molecule has 0 fully saturated rings. The van der Waals surface area contributed by atoms with E-state index in [1.54, 1.807) is 31.2 Å². The van der Waals surface area contributed by atoms with Crippen LogP contribution in [0.5, 0.6) is 0 Å². The van der Waals surface area contributed by atoms with Crippen molar-refractivity contribution < 1.29 is 9.90 Å². The SMILES string of the molecule is CC(O)CCNC(=O)c1n[nH]c2ccccc2c1=O. The van der Waals surface area contributed by atoms with Crippen LogP contribution in [-0.2, 0) is 0 Å². The summed E-state index contributed by atoms with van der Waals surface area (Å²) in [5.74, 6) is -0.535. The summed E-state index contributed by atoms with van der Waals surface area (Å²) in [6, 6.07) is 6.87. The van der Waals surface area contributed by atoms with Gasteiger partial charge in [-0.25, -0.2) is 0 Å². The number of aliphatic hydroxyl groups excluding tert-OH is 1. The lowest BCUT2D eigenvalue weighted by molar-refractivity contribution is 0.0938. The summed E-state index contributed by atoms with van der Waals surface area (Å²) in [6.45, 7) is 1.93. The predicted molar refractivity (Wildman–Crippen MR) is 71.0 cm³/mol. The second-order valence-corrected chi connectivity index (χ2v) is 4.34. The Morgan fingerprint density at radius 3 is 2.95 bits per heavy atom. The molecule has 19 heavy (non-hydrogen) atoms. The molecule has 1 heterocycles. The van der Waals surface area contributed by atoms with Gasteiger partial charge in [-0.1, -0.05) is 12.1 Å². The van der Waals surface area contributed by atoms with E-state index >= 15 is 0 Å². The number of aliphatic hydroxyl groups is 1. The lowest BCUT2D eigenvalue weighted by Crippen LogP contribution is -2.32. The highest BCUT2D eigenvalue weighted by Crippen LogP contribution is 2.04. The third-order valence-corrected chi connectivity index (χ3v) is 2.74. The summed E-state index contributed by atoms with van der Waals surface area (Å²) in [6.07, 6.45) is -0.0693. The van der Waals surface area contributed by atoms with Gasteiger partial charge >= 0.3 is 0 Å². The van der Waals surface area contributed by atoms with E-state index in [1.165, 1.54) is 0 Å². The number of amides is 1. The Kier molecular flexibility index (Phi) is 3.91. The Labute approximate surface area is 109 Å². The minimum Gasteiger partial charge on any atom is -0.393 e. The van der Waals surface area contributed by atoms with Crippen molar-refractivity contribution in [2.75, 3.05) is 6.54 Å². The van der Waals surface area contributed by atoms with Crippen LogP contribution in [0.25, 0.3) is 10.9 Å². The number of para-hydroxylation sites is 1. The molecule has 0 saturated heterocycles. The standard InChI is InChI=1S/C13H15N3O3/c1-8(17)6-7-14-13(19)11-12(18)9-4-2-3-5-10(9)15-16-11/h2-5,8,17H,6-7H2,1H3,(H,14,19)(H,15,18). The zero-order valence-corrected chi connectivity index (χ0v) is 10.5. The summed E-state index contributed by atoms with van der Waals surface area (Å²) >= 11 is 0. The van der Waals surface area contributed by atoms with E-state index in [0.717, 1.165) is 0 Å². The molecule has 0 aliphatic carbocycles. The average Bonchev–Trinajstić information content (AvgIpc) is 2.39. The van der Waals surface area contributed by atoms with Crippen molar-refractivity contribution in [2.45, 2.75) is 19.4 Å². The number of nitrogens with one attached hydrogen (secondary N) is 2. The molecule has 6 heteroatoms. The number of aromatic amines is 1. The maximum Gasteiger partial charge on any atom is 0.275 e. The quantitative estimate of drug-likeness (QED) is 0.743. The Morgan fingerprint density at radius 2 is 2.21 bits per heavy atom. The number of nitrogens with zero attached hydrogens (tertiary/aromatic N) is 1. The zero-order valence-electron chi connectivity index (χ0n) is 10.5. The van der Waals surface area contributed by atoms with Crippen LogP contribution >= 0.6 is 0 Å². The number of fused-ring (bicyclic) bond motifs is 1. The molecule has 2 rings (SSSR count). The summed E-state index contributed by atoms with van der Waals surface area (Å²) in [4.78, 5) is 23.9. The third-order valence-electron chi connectivity index (χ3n) is 2.74. The van der Waals surface area contributed by atoms with Gasteiger partial charge < -0.3 is 10.4 Å². The van der Waals surface area contributed by atoms with Crippen LogP contribution in [0.3, 0.4) is 0 Å². The number of hydrogen-bond donors (Lipinski definition) is 3. The first-order chi connectivity index (χ1) is 9.09. The molecule has 2 aromatic rings. The summed E-state index contributed by atoms with van der Waals surface area (Å²) in [5, 5.41) is 18.6. The highest BCUT2D eigenvalue weighted by atomic mass is 16.3. The van der Waals surface area contributed by atoms with Gasteiger partial charge in [-0.3, -0.25) is 14.7 Å². The van der Waals surface area contributed by atoms with E-state index in [1.807, 2.05) is 0 Å². The summed E-state index contributed by atoms with van der Waals surface area (Å²) < 4.78 is 0. The maximum absolute atomic E-state index is 12.1. The van der Waals surface area contributed by atoms with Crippen molar-refractivity contribution in [1.29, 1.82) is 0 Å². The fourth-order valence-corrected chi connectivity index (χ4v) is 1.71. The number of H-pyrrole nitrogens is 1. The lowest BCUT2D eigenvalue weighted by Gasteiger charge is -2.06. The van der Waals surface area contributed by atoms with Gasteiger partial charge in [-0.05, 0) is 25.5 Å². The molecule has 1 aromatic carbocycles. The summed E-state index contributed by atoms with van der Waals surface area (Å²) in [5.41, 5.74) is 0.0289. The van der Waals surface area contributed by atoms with Crippen molar-refractivity contribution in [2.24, 2.45) is 0 Å². The number of hydrogen-bond acceptors (Lipinski definition) is 4. The van der Waals surface area contributed by atoms with Gasteiger partial charge in [0, 0.05) is 11.9 Å². The zero-order chi connectivity index (χ0) is 13.8. The lowest BCUT2D eigenvalue weighted by atomic mass is 10.2. The second kappa shape index (κ2) is 5.62. The number of benzene rings is 1. The predicted octanol–water partition coefficient (Wildman–Crippen LogP) is 0.424. The molecule has 1 unspecified atom stereocenters. The van der Waals surface area contributed by atoms with Crippen molar-refractivity contribution in [3.63, 3.8) is 0 Å². The first kappa shape index (κ1) is 13.2. The van der Waals surface area contributed by atoms with Crippen molar-refractivity contribution >= 4 is 16.8 Å². The van der Waals surface area contributed by atoms with Gasteiger partial charge in [0.2, 0.25) is 5.43 Å². The molecule has 0 saturated carbocycles. The van der Waals surface area contributed by atoms with Gasteiger partial charge in [0.25, 0.3) is 5.91 Å². The van der Waals surface area contributed by atoms with Gasteiger partial charge in [0.1, 0.15) is 0 Å². The van der Waals surface area contributed by atoms with E-state index in [2.05, 4.69) is 15.5 Å². The molecular weight excluding hydrogens is 246 g/mol. The molecule has 0 aliphatic rings. The molecular formula is C13H15N3O3. The topological polar surface area (TPSA) is 95.1 Å². The van der Waals surface area contributed by atoms with Crippen LogP contribution < -0.4 is 10.7 Å². The van der Waals surface area contributed by atoms with Crippen LogP contribution in [0.2, 0.25) is 0 Å². The molecule has 1 amide bonds. The first-order valence-corrected chi connectivity index (χ1v) is 6.03. The molecule has 0 aliphatic heterocycles. The minimum absolute atomic E-state index is 0.163. The van der Waals surface area contributed by atoms with Crippen LogP contribution in [0, 0.1) is 0 Å². The van der Waals surface area contributed by atoms with Crippen molar-refractivity contribution in [3.8, 4) is 0 Å². The fraction of sp³-hybridized carbons (Fsp3) is 0.308. The highest BCUT2D eigenvalue weighted by Gasteiger charge is 2.14. The maximum atomic E-state index is 12.1. The van der Waals surface area contributed by atoms with Gasteiger partial charge in [-0.15, -0.1) is 0 Å². The van der Waals surface area contributed by atoms with E-state index in [9.17, 15) is 9.59 Å². The van der Waals surface area contributed by atoms with Gasteiger partial charge in [-0.2, -0.15) is 5.10 Å². The van der Waals surface area contributed by atoms with Gasteiger partial charge in [0.15, 0.2) is 5.69 Å².